The molecule has 0 fully saturated rings. The van der Waals surface area contributed by atoms with Crippen molar-refractivity contribution in [1.82, 2.24) is 29.9 Å². The molecule has 0 radical (unpaired) electrons. The van der Waals surface area contributed by atoms with Gasteiger partial charge in [0.05, 0.1) is 0 Å². The molecule has 1 atom stereocenters. The van der Waals surface area contributed by atoms with E-state index in [9.17, 15) is 0 Å². The van der Waals surface area contributed by atoms with E-state index in [1.54, 1.807) is 0 Å². The summed E-state index contributed by atoms with van der Waals surface area (Å²) in [6.07, 6.45) is 15.4. The zero-order chi connectivity index (χ0) is 44.3. The molecule has 0 aliphatic heterocycles. The number of aryl methyl sites for hydroxylation is 1. The van der Waals surface area contributed by atoms with E-state index in [2.05, 4.69) is 172 Å². The molecule has 1 unspecified atom stereocenters. The van der Waals surface area contributed by atoms with Crippen LogP contribution in [0.5, 0.6) is 0 Å². The minimum Gasteiger partial charge on any atom is -0.212 e. The van der Waals surface area contributed by atoms with Gasteiger partial charge in [-0.25, -0.2) is 29.9 Å². The van der Waals surface area contributed by atoms with Crippen molar-refractivity contribution in [3.05, 3.63) is 224 Å². The first-order chi connectivity index (χ1) is 31.9. The van der Waals surface area contributed by atoms with Gasteiger partial charge in [-0.15, -0.1) is 0 Å². The highest BCUT2D eigenvalue weighted by Gasteiger charge is 2.21. The molecular formula is C59H46N6. The molecule has 0 saturated carbocycles. The number of nitrogens with zero attached hydrogens (tertiary/aromatic N) is 6. The molecule has 10 rings (SSSR count). The van der Waals surface area contributed by atoms with Gasteiger partial charge in [-0.05, 0) is 71.0 Å². The Bertz CT molecular complexity index is 3360. The standard InChI is InChI=1S/C59H46N6/c1-5-38(2)24-27-40(4)54-60-55(43-16-8-6-9-17-43)62-57(61-54)46-34-30-41(31-35-46)52-50-22-14-12-20-48(50)49-21-13-15-23-51(49)53(52)42-32-36-47(37-33-42)59-64-56(44-18-10-7-11-19-44)63-58(65-59)45-28-25-39(3)26-29-45/h5-18,20-37,44H,4,19H2,1-3H3/b27-24-,38-5-. The Morgan fingerprint density at radius 3 is 1.43 bits per heavy atom. The second-order valence-corrected chi connectivity index (χ2v) is 16.4. The molecule has 1 aliphatic carbocycles. The summed E-state index contributed by atoms with van der Waals surface area (Å²) in [4.78, 5) is 30.0. The van der Waals surface area contributed by atoms with E-state index in [0.717, 1.165) is 62.3 Å². The van der Waals surface area contributed by atoms with Crippen LogP contribution >= 0.6 is 0 Å². The van der Waals surface area contributed by atoms with Crippen molar-refractivity contribution in [2.45, 2.75) is 33.1 Å². The Kier molecular flexibility index (Phi) is 11.2. The summed E-state index contributed by atoms with van der Waals surface area (Å²) in [5, 5.41) is 4.75. The van der Waals surface area contributed by atoms with Gasteiger partial charge in [0, 0.05) is 33.7 Å². The molecule has 6 nitrogen and oxygen atoms in total. The summed E-state index contributed by atoms with van der Waals surface area (Å²) in [5.41, 5.74) is 11.2. The number of aromatic nitrogens is 6. The first-order valence-corrected chi connectivity index (χ1v) is 22.0. The van der Waals surface area contributed by atoms with E-state index >= 15 is 0 Å². The van der Waals surface area contributed by atoms with E-state index in [4.69, 9.17) is 29.9 Å². The van der Waals surface area contributed by atoms with Gasteiger partial charge < -0.3 is 0 Å². The Morgan fingerprint density at radius 1 is 0.492 bits per heavy atom. The van der Waals surface area contributed by atoms with Crippen LogP contribution in [0.2, 0.25) is 0 Å². The molecule has 9 aromatic rings. The monoisotopic (exact) mass is 838 g/mol. The molecular weight excluding hydrogens is 793 g/mol. The van der Waals surface area contributed by atoms with Crippen LogP contribution in [0.1, 0.15) is 43.4 Å². The van der Waals surface area contributed by atoms with Gasteiger partial charge in [0.15, 0.2) is 29.1 Å². The lowest BCUT2D eigenvalue weighted by Crippen LogP contribution is -2.07. The van der Waals surface area contributed by atoms with Gasteiger partial charge in [-0.2, -0.15) is 0 Å². The molecule has 2 heterocycles. The average Bonchev–Trinajstić information content (AvgIpc) is 3.38. The molecule has 0 saturated heterocycles. The van der Waals surface area contributed by atoms with Crippen LogP contribution in [-0.4, -0.2) is 29.9 Å². The summed E-state index contributed by atoms with van der Waals surface area (Å²) in [6, 6.07) is 53.1. The van der Waals surface area contributed by atoms with Crippen LogP contribution in [-0.2, 0) is 0 Å². The Balaban J connectivity index is 1.09. The molecule has 65 heavy (non-hydrogen) atoms. The van der Waals surface area contributed by atoms with E-state index in [0.29, 0.717) is 34.7 Å². The van der Waals surface area contributed by atoms with Gasteiger partial charge in [0.25, 0.3) is 0 Å². The average molecular weight is 839 g/mol. The van der Waals surface area contributed by atoms with Crippen LogP contribution in [0, 0.1) is 6.92 Å². The second kappa shape index (κ2) is 17.9. The van der Waals surface area contributed by atoms with Gasteiger partial charge in [0.2, 0.25) is 0 Å². The minimum absolute atomic E-state index is 0.0790. The van der Waals surface area contributed by atoms with Gasteiger partial charge in [-0.3, -0.25) is 0 Å². The van der Waals surface area contributed by atoms with Crippen molar-refractivity contribution in [3.8, 4) is 67.8 Å². The summed E-state index contributed by atoms with van der Waals surface area (Å²) in [5.74, 6) is 3.90. The van der Waals surface area contributed by atoms with Crippen molar-refractivity contribution in [3.63, 3.8) is 0 Å². The molecule has 0 spiro atoms. The number of hydrogen-bond donors (Lipinski definition) is 0. The zero-order valence-corrected chi connectivity index (χ0v) is 36.7. The number of benzene rings is 7. The van der Waals surface area contributed by atoms with E-state index in [-0.39, 0.29) is 5.92 Å². The summed E-state index contributed by atoms with van der Waals surface area (Å²) in [6.45, 7) is 10.5. The summed E-state index contributed by atoms with van der Waals surface area (Å²) in [7, 11) is 0. The summed E-state index contributed by atoms with van der Waals surface area (Å²) < 4.78 is 0. The van der Waals surface area contributed by atoms with E-state index in [1.807, 2.05) is 49.4 Å². The molecule has 312 valence electrons. The Morgan fingerprint density at radius 2 is 0.938 bits per heavy atom. The molecule has 0 N–H and O–H groups in total. The lowest BCUT2D eigenvalue weighted by Gasteiger charge is -2.19. The molecule has 7 aromatic carbocycles. The third-order valence-corrected chi connectivity index (χ3v) is 12.0. The minimum atomic E-state index is 0.0790. The fraction of sp³-hybridized carbons (Fsp3) is 0.0847. The van der Waals surface area contributed by atoms with Crippen LogP contribution < -0.4 is 0 Å². The van der Waals surface area contributed by atoms with Gasteiger partial charge in [-0.1, -0.05) is 212 Å². The van der Waals surface area contributed by atoms with Crippen LogP contribution in [0.25, 0.3) is 94.9 Å². The van der Waals surface area contributed by atoms with Crippen LogP contribution in [0.3, 0.4) is 0 Å². The van der Waals surface area contributed by atoms with Crippen molar-refractivity contribution >= 4 is 27.1 Å². The number of fused-ring (bicyclic) bond motifs is 3. The largest absolute Gasteiger partial charge is 0.212 e. The predicted molar refractivity (Wildman–Crippen MR) is 269 cm³/mol. The number of rotatable bonds is 10. The maximum absolute atomic E-state index is 5.09. The Hall–Kier alpha value is -8.22. The fourth-order valence-corrected chi connectivity index (χ4v) is 8.37. The molecule has 0 amide bonds. The predicted octanol–water partition coefficient (Wildman–Crippen LogP) is 14.8. The van der Waals surface area contributed by atoms with Gasteiger partial charge in [0.1, 0.15) is 5.82 Å². The van der Waals surface area contributed by atoms with Crippen molar-refractivity contribution < 1.29 is 0 Å². The molecule has 1 aliphatic rings. The molecule has 2 aromatic heterocycles. The van der Waals surface area contributed by atoms with Crippen LogP contribution in [0.4, 0.5) is 0 Å². The number of allylic oxidation sites excluding steroid dienone is 9. The first kappa shape index (κ1) is 40.8. The first-order valence-electron chi connectivity index (χ1n) is 22.0. The van der Waals surface area contributed by atoms with Crippen molar-refractivity contribution in [1.29, 1.82) is 0 Å². The third-order valence-electron chi connectivity index (χ3n) is 12.0. The van der Waals surface area contributed by atoms with Crippen LogP contribution in [0.15, 0.2) is 206 Å². The lowest BCUT2D eigenvalue weighted by atomic mass is 9.84. The maximum Gasteiger partial charge on any atom is 0.164 e. The molecule has 6 heteroatoms. The second-order valence-electron chi connectivity index (χ2n) is 16.4. The van der Waals surface area contributed by atoms with E-state index in [1.165, 1.54) is 27.1 Å². The smallest absolute Gasteiger partial charge is 0.164 e. The summed E-state index contributed by atoms with van der Waals surface area (Å²) >= 11 is 0. The molecule has 0 bridgehead atoms. The SMILES string of the molecule is C=C(/C=C\C(C)=C/C)c1nc(-c2ccccc2)nc(-c2ccc(-c3c(-c4ccc(-c5nc(-c6ccc(C)cc6)nc(C6C=CC=CC6)n5)cc4)c4ccccc4c4ccccc34)cc2)n1. The fourth-order valence-electron chi connectivity index (χ4n) is 8.37. The lowest BCUT2D eigenvalue weighted by molar-refractivity contribution is 0.764. The highest BCUT2D eigenvalue weighted by molar-refractivity contribution is 6.21. The zero-order valence-electron chi connectivity index (χ0n) is 36.7. The van der Waals surface area contributed by atoms with Crippen molar-refractivity contribution in [2.24, 2.45) is 0 Å². The topological polar surface area (TPSA) is 77.3 Å². The normalized spacial score (nSPS) is 13.8. The Labute approximate surface area is 379 Å². The van der Waals surface area contributed by atoms with E-state index < -0.39 is 0 Å². The maximum atomic E-state index is 5.09. The van der Waals surface area contributed by atoms with Crippen molar-refractivity contribution in [2.75, 3.05) is 0 Å². The highest BCUT2D eigenvalue weighted by Crippen LogP contribution is 2.45. The highest BCUT2D eigenvalue weighted by atomic mass is 15.0. The third kappa shape index (κ3) is 8.38. The van der Waals surface area contributed by atoms with Gasteiger partial charge >= 0.3 is 0 Å². The quantitative estimate of drug-likeness (QED) is 0.101. The number of hydrogen-bond acceptors (Lipinski definition) is 6.